The third-order valence-electron chi connectivity index (χ3n) is 2.58. The highest BCUT2D eigenvalue weighted by Crippen LogP contribution is 2.19. The van der Waals surface area contributed by atoms with Crippen molar-refractivity contribution in [1.82, 2.24) is 0 Å². The summed E-state index contributed by atoms with van der Waals surface area (Å²) in [6.45, 7) is 0.225. The number of carboxylic acid groups (broad SMARTS) is 1. The molecule has 98 valence electrons. The van der Waals surface area contributed by atoms with Crippen LogP contribution in [0.3, 0.4) is 0 Å². The molecule has 0 unspecified atom stereocenters. The van der Waals surface area contributed by atoms with Crippen molar-refractivity contribution in [2.24, 2.45) is 0 Å². The Morgan fingerprint density at radius 2 is 1.89 bits per heavy atom. The molecule has 0 spiro atoms. The van der Waals surface area contributed by atoms with Gasteiger partial charge in [-0.05, 0) is 29.8 Å². The lowest BCUT2D eigenvalue weighted by atomic mass is 10.1. The van der Waals surface area contributed by atoms with Gasteiger partial charge >= 0.3 is 5.97 Å². The van der Waals surface area contributed by atoms with Gasteiger partial charge in [0.2, 0.25) is 0 Å². The molecule has 0 saturated carbocycles. The van der Waals surface area contributed by atoms with Gasteiger partial charge in [-0.3, -0.25) is 0 Å². The van der Waals surface area contributed by atoms with E-state index < -0.39 is 11.8 Å². The van der Waals surface area contributed by atoms with Crippen LogP contribution in [0.5, 0.6) is 5.75 Å². The minimum absolute atomic E-state index is 0.0677. The number of hydrogen-bond acceptors (Lipinski definition) is 3. The summed E-state index contributed by atoms with van der Waals surface area (Å²) < 4.78 is 18.6. The van der Waals surface area contributed by atoms with E-state index in [1.807, 2.05) is 0 Å². The molecule has 2 aromatic rings. The first-order valence-electron chi connectivity index (χ1n) is 5.56. The van der Waals surface area contributed by atoms with Crippen LogP contribution in [0, 0.1) is 5.82 Å². The van der Waals surface area contributed by atoms with E-state index >= 15 is 0 Å². The third kappa shape index (κ3) is 3.22. The molecule has 5 heteroatoms. The number of benzene rings is 2. The van der Waals surface area contributed by atoms with Gasteiger partial charge in [-0.15, -0.1) is 0 Å². The zero-order valence-corrected chi connectivity index (χ0v) is 9.97. The average Bonchev–Trinajstić information content (AvgIpc) is 2.40. The number of aromatic carboxylic acids is 1. The van der Waals surface area contributed by atoms with Crippen molar-refractivity contribution in [3.05, 3.63) is 59.4 Å². The summed E-state index contributed by atoms with van der Waals surface area (Å²) in [4.78, 5) is 10.7. The molecule has 4 nitrogen and oxygen atoms in total. The molecule has 2 aromatic carbocycles. The second kappa shape index (κ2) is 5.39. The molecule has 0 radical (unpaired) electrons. The Morgan fingerprint density at radius 3 is 2.47 bits per heavy atom. The van der Waals surface area contributed by atoms with Crippen molar-refractivity contribution in [3.63, 3.8) is 0 Å². The van der Waals surface area contributed by atoms with Gasteiger partial charge in [0.15, 0.2) is 0 Å². The third-order valence-corrected chi connectivity index (χ3v) is 2.58. The van der Waals surface area contributed by atoms with Gasteiger partial charge in [-0.1, -0.05) is 12.1 Å². The largest absolute Gasteiger partial charge is 0.489 e. The molecule has 0 aliphatic rings. The molecule has 0 bridgehead atoms. The Bertz CT molecular complexity index is 596. The molecule has 3 N–H and O–H groups in total. The minimum atomic E-state index is -0.979. The highest BCUT2D eigenvalue weighted by molar-refractivity contribution is 5.87. The summed E-state index contributed by atoms with van der Waals surface area (Å²) in [5, 5.41) is 8.76. The maximum atomic E-state index is 13.2. The van der Waals surface area contributed by atoms with Crippen LogP contribution in [0.1, 0.15) is 15.9 Å². The lowest BCUT2D eigenvalue weighted by molar-refractivity contribution is 0.0697. The number of rotatable bonds is 4. The van der Waals surface area contributed by atoms with Gasteiger partial charge in [0, 0.05) is 6.07 Å². The summed E-state index contributed by atoms with van der Waals surface area (Å²) in [7, 11) is 0. The van der Waals surface area contributed by atoms with Gasteiger partial charge in [0.05, 0.1) is 11.3 Å². The highest BCUT2D eigenvalue weighted by atomic mass is 19.1. The fourth-order valence-corrected chi connectivity index (χ4v) is 1.51. The Labute approximate surface area is 109 Å². The number of carboxylic acids is 1. The zero-order chi connectivity index (χ0) is 13.8. The van der Waals surface area contributed by atoms with Crippen molar-refractivity contribution >= 4 is 11.7 Å². The van der Waals surface area contributed by atoms with Crippen LogP contribution in [0.2, 0.25) is 0 Å². The standard InChI is InChI=1S/C14H12FNO3/c15-12-7-11(5-6-13(12)16)19-8-9-1-3-10(4-2-9)14(17)18/h1-7H,8,16H2,(H,17,18). The molecule has 19 heavy (non-hydrogen) atoms. The second-order valence-electron chi connectivity index (χ2n) is 3.97. The van der Waals surface area contributed by atoms with E-state index in [4.69, 9.17) is 15.6 Å². The number of ether oxygens (including phenoxy) is 1. The number of hydrogen-bond donors (Lipinski definition) is 2. The predicted octanol–water partition coefficient (Wildman–Crippen LogP) is 2.69. The monoisotopic (exact) mass is 261 g/mol. The SMILES string of the molecule is Nc1ccc(OCc2ccc(C(=O)O)cc2)cc1F. The van der Waals surface area contributed by atoms with Crippen molar-refractivity contribution in [2.75, 3.05) is 5.73 Å². The Balaban J connectivity index is 2.01. The van der Waals surface area contributed by atoms with E-state index in [-0.39, 0.29) is 17.9 Å². The van der Waals surface area contributed by atoms with Crippen molar-refractivity contribution < 1.29 is 19.0 Å². The average molecular weight is 261 g/mol. The number of carbonyl (C=O) groups is 1. The number of anilines is 1. The van der Waals surface area contributed by atoms with Crippen LogP contribution in [-0.4, -0.2) is 11.1 Å². The molecule has 0 aromatic heterocycles. The quantitative estimate of drug-likeness (QED) is 0.830. The molecule has 0 aliphatic heterocycles. The van der Waals surface area contributed by atoms with Crippen LogP contribution < -0.4 is 10.5 Å². The lowest BCUT2D eigenvalue weighted by Gasteiger charge is -2.07. The number of nitrogen functional groups attached to an aromatic ring is 1. The van der Waals surface area contributed by atoms with Crippen LogP contribution in [0.4, 0.5) is 10.1 Å². The summed E-state index contributed by atoms with van der Waals surface area (Å²) in [6.07, 6.45) is 0. The van der Waals surface area contributed by atoms with Gasteiger partial charge in [-0.25, -0.2) is 9.18 Å². The van der Waals surface area contributed by atoms with Crippen molar-refractivity contribution in [3.8, 4) is 5.75 Å². The number of halogens is 1. The van der Waals surface area contributed by atoms with Gasteiger partial charge in [-0.2, -0.15) is 0 Å². The maximum absolute atomic E-state index is 13.2. The fourth-order valence-electron chi connectivity index (χ4n) is 1.51. The van der Waals surface area contributed by atoms with E-state index in [2.05, 4.69) is 0 Å². The van der Waals surface area contributed by atoms with Gasteiger partial charge in [0.1, 0.15) is 18.2 Å². The van der Waals surface area contributed by atoms with Crippen LogP contribution in [-0.2, 0) is 6.61 Å². The first-order valence-corrected chi connectivity index (χ1v) is 5.56. The van der Waals surface area contributed by atoms with Crippen LogP contribution in [0.15, 0.2) is 42.5 Å². The van der Waals surface area contributed by atoms with E-state index in [0.29, 0.717) is 5.75 Å². The van der Waals surface area contributed by atoms with Crippen molar-refractivity contribution in [1.29, 1.82) is 0 Å². The molecule has 0 amide bonds. The Morgan fingerprint density at radius 1 is 1.21 bits per heavy atom. The fraction of sp³-hybridized carbons (Fsp3) is 0.0714. The van der Waals surface area contributed by atoms with E-state index in [1.54, 1.807) is 18.2 Å². The predicted molar refractivity (Wildman–Crippen MR) is 68.5 cm³/mol. The summed E-state index contributed by atoms with van der Waals surface area (Å²) >= 11 is 0. The highest BCUT2D eigenvalue weighted by Gasteiger charge is 2.03. The number of nitrogens with two attached hydrogens (primary N) is 1. The lowest BCUT2D eigenvalue weighted by Crippen LogP contribution is -1.99. The Kier molecular flexibility index (Phi) is 3.66. The Hall–Kier alpha value is -2.56. The normalized spacial score (nSPS) is 10.2. The molecule has 0 heterocycles. The van der Waals surface area contributed by atoms with Crippen LogP contribution in [0.25, 0.3) is 0 Å². The minimum Gasteiger partial charge on any atom is -0.489 e. The zero-order valence-electron chi connectivity index (χ0n) is 9.97. The van der Waals surface area contributed by atoms with Gasteiger partial charge < -0.3 is 15.6 Å². The topological polar surface area (TPSA) is 72.5 Å². The first-order chi connectivity index (χ1) is 9.06. The van der Waals surface area contributed by atoms with E-state index in [9.17, 15) is 9.18 Å². The maximum Gasteiger partial charge on any atom is 0.335 e. The van der Waals surface area contributed by atoms with Gasteiger partial charge in [0.25, 0.3) is 0 Å². The molecule has 0 aliphatic carbocycles. The first kappa shape index (κ1) is 12.9. The molecular formula is C14H12FNO3. The summed E-state index contributed by atoms with van der Waals surface area (Å²) in [6, 6.07) is 10.5. The molecule has 0 atom stereocenters. The van der Waals surface area contributed by atoms with E-state index in [1.165, 1.54) is 24.3 Å². The second-order valence-corrected chi connectivity index (χ2v) is 3.97. The molecule has 2 rings (SSSR count). The van der Waals surface area contributed by atoms with E-state index in [0.717, 1.165) is 5.56 Å². The summed E-state index contributed by atoms with van der Waals surface area (Å²) in [5.74, 6) is -1.14. The van der Waals surface area contributed by atoms with Crippen molar-refractivity contribution in [2.45, 2.75) is 6.61 Å². The molecule has 0 saturated heterocycles. The smallest absolute Gasteiger partial charge is 0.335 e. The van der Waals surface area contributed by atoms with Crippen LogP contribution >= 0.6 is 0 Å². The molecular weight excluding hydrogens is 249 g/mol. The summed E-state index contributed by atoms with van der Waals surface area (Å²) in [5.41, 5.74) is 6.43. The molecule has 0 fully saturated rings.